The van der Waals surface area contributed by atoms with Crippen molar-refractivity contribution in [3.05, 3.63) is 88.0 Å². The Morgan fingerprint density at radius 1 is 1.07 bits per heavy atom. The molecule has 1 saturated carbocycles. The van der Waals surface area contributed by atoms with Crippen LogP contribution in [0.4, 0.5) is 0 Å². The van der Waals surface area contributed by atoms with Gasteiger partial charge >= 0.3 is 5.97 Å². The summed E-state index contributed by atoms with van der Waals surface area (Å²) in [6, 6.07) is 9.95. The summed E-state index contributed by atoms with van der Waals surface area (Å²) in [7, 11) is 0. The number of hydrogen-bond donors (Lipinski definition) is 2. The molecule has 0 radical (unpaired) electrons. The Kier molecular flexibility index (Phi) is 6.65. The zero-order valence-corrected chi connectivity index (χ0v) is 24.1. The summed E-state index contributed by atoms with van der Waals surface area (Å²) in [5, 5.41) is 22.1. The predicted octanol–water partition coefficient (Wildman–Crippen LogP) is 5.27. The third-order valence-electron chi connectivity index (χ3n) is 9.07. The summed E-state index contributed by atoms with van der Waals surface area (Å²) in [6.07, 6.45) is 5.80. The number of esters is 1. The highest BCUT2D eigenvalue weighted by Gasteiger charge is 2.79. The number of aromatic hydroxyl groups is 2. The molecule has 1 spiro atoms. The second-order valence-corrected chi connectivity index (χ2v) is 12.1. The van der Waals surface area contributed by atoms with Crippen molar-refractivity contribution in [3.8, 4) is 17.2 Å². The molecule has 3 aliphatic carbocycles. The van der Waals surface area contributed by atoms with Gasteiger partial charge in [-0.1, -0.05) is 47.6 Å². The van der Waals surface area contributed by atoms with Crippen LogP contribution in [0.25, 0.3) is 0 Å². The summed E-state index contributed by atoms with van der Waals surface area (Å²) in [6.45, 7) is 7.69. The normalized spacial score (nSPS) is 28.3. The molecule has 2 aromatic rings. The molecule has 1 saturated heterocycles. The Morgan fingerprint density at radius 3 is 2.48 bits per heavy atom. The highest BCUT2D eigenvalue weighted by Crippen LogP contribution is 2.65. The molecule has 5 atom stereocenters. The van der Waals surface area contributed by atoms with E-state index in [1.165, 1.54) is 6.07 Å². The number of benzene rings is 2. The number of ketones is 2. The van der Waals surface area contributed by atoms with Gasteiger partial charge in [-0.05, 0) is 46.2 Å². The molecule has 2 fully saturated rings. The van der Waals surface area contributed by atoms with Crippen LogP contribution >= 0.6 is 0 Å². The number of phenols is 2. The van der Waals surface area contributed by atoms with Crippen molar-refractivity contribution in [1.82, 2.24) is 0 Å². The molecule has 0 amide bonds. The second kappa shape index (κ2) is 9.98. The molecule has 2 aromatic carbocycles. The number of Topliss-reactive ketones (excluding diaryl/α,β-unsaturated/α-hetero) is 2. The van der Waals surface area contributed by atoms with E-state index in [0.29, 0.717) is 5.56 Å². The van der Waals surface area contributed by atoms with Crippen LogP contribution in [0.15, 0.2) is 71.3 Å². The van der Waals surface area contributed by atoms with E-state index in [9.17, 15) is 24.6 Å². The largest absolute Gasteiger partial charge is 0.507 e. The van der Waals surface area contributed by atoms with Gasteiger partial charge in [0.05, 0.1) is 18.8 Å². The molecular weight excluding hydrogens is 536 g/mol. The van der Waals surface area contributed by atoms with Gasteiger partial charge in [-0.25, -0.2) is 4.79 Å². The smallest absolute Gasteiger partial charge is 0.338 e. The molecule has 8 heteroatoms. The third-order valence-corrected chi connectivity index (χ3v) is 9.07. The first kappa shape index (κ1) is 28.0. The minimum atomic E-state index is -1.51. The summed E-state index contributed by atoms with van der Waals surface area (Å²) in [5.41, 5.74) is -0.176. The Hall–Kier alpha value is -4.17. The number of carbonyl (C=O) groups excluding carboxylic acids is 3. The lowest BCUT2D eigenvalue weighted by Crippen LogP contribution is -2.74. The van der Waals surface area contributed by atoms with Crippen LogP contribution in [-0.2, 0) is 20.7 Å². The summed E-state index contributed by atoms with van der Waals surface area (Å²) >= 11 is 0. The first-order valence-electron chi connectivity index (χ1n) is 14.2. The highest BCUT2D eigenvalue weighted by molar-refractivity contribution is 6.18. The van der Waals surface area contributed by atoms with Gasteiger partial charge in [-0.15, -0.1) is 0 Å². The number of phenolic OH excluding ortho intramolecular Hbond substituents is 2. The Balaban J connectivity index is 1.46. The molecule has 4 bridgehead atoms. The van der Waals surface area contributed by atoms with Crippen molar-refractivity contribution in [2.24, 2.45) is 17.8 Å². The standard InChI is InChI=1S/C34H34O8/c1-18(2)10-11-21-26(35)15-27-28(29(21)36)30(37)24-14-22-23(16-40-32(39)20-8-6-5-7-9-20)25-17-41-33(31(22)38,13-12-19(3)4)34(24,25)42-27/h5-10,12,14-15,22-23,25,35-36H,11,13,16-17H2,1-4H3/t22-,23+,25-,33?,34-/m1/s1. The first-order valence-corrected chi connectivity index (χ1v) is 14.2. The minimum absolute atomic E-state index is 0.00152. The Bertz CT molecular complexity index is 1590. The van der Waals surface area contributed by atoms with Gasteiger partial charge in [0, 0.05) is 41.4 Å². The maximum Gasteiger partial charge on any atom is 0.338 e. The number of ether oxygens (including phenoxy) is 3. The number of allylic oxidation sites excluding steroid dienone is 4. The van der Waals surface area contributed by atoms with Crippen LogP contribution in [0.3, 0.4) is 0 Å². The molecule has 218 valence electrons. The predicted molar refractivity (Wildman–Crippen MR) is 154 cm³/mol. The first-order chi connectivity index (χ1) is 20.0. The number of rotatable bonds is 7. The SMILES string of the molecule is CC(C)=CCc1c(O)cc2c(c1O)C(=O)C1=C[C@H]3C(=O)C4(CC=C(C)C)OC[C@H]([C@H]3COC(=O)c3ccccc3)[C@]14O2. The fraction of sp³-hybridized carbons (Fsp3) is 0.382. The van der Waals surface area contributed by atoms with Crippen LogP contribution in [-0.4, -0.2) is 52.2 Å². The topological polar surface area (TPSA) is 119 Å². The Morgan fingerprint density at radius 2 is 1.79 bits per heavy atom. The molecule has 2 aliphatic heterocycles. The van der Waals surface area contributed by atoms with Gasteiger partial charge in [0.15, 0.2) is 22.8 Å². The lowest BCUT2D eigenvalue weighted by Gasteiger charge is -2.58. The Labute approximate surface area is 244 Å². The van der Waals surface area contributed by atoms with Crippen molar-refractivity contribution in [2.45, 2.75) is 51.7 Å². The van der Waals surface area contributed by atoms with E-state index in [-0.39, 0.29) is 65.8 Å². The van der Waals surface area contributed by atoms with E-state index in [1.807, 2.05) is 39.8 Å². The fourth-order valence-electron chi connectivity index (χ4n) is 7.02. The van der Waals surface area contributed by atoms with Crippen LogP contribution in [0, 0.1) is 17.8 Å². The van der Waals surface area contributed by atoms with E-state index >= 15 is 0 Å². The van der Waals surface area contributed by atoms with Crippen molar-refractivity contribution >= 4 is 17.5 Å². The maximum absolute atomic E-state index is 14.3. The van der Waals surface area contributed by atoms with Crippen LogP contribution < -0.4 is 4.74 Å². The van der Waals surface area contributed by atoms with Gasteiger partial charge < -0.3 is 24.4 Å². The molecule has 42 heavy (non-hydrogen) atoms. The zero-order valence-electron chi connectivity index (χ0n) is 24.1. The highest BCUT2D eigenvalue weighted by atomic mass is 16.6. The monoisotopic (exact) mass is 570 g/mol. The van der Waals surface area contributed by atoms with E-state index in [1.54, 1.807) is 36.4 Å². The second-order valence-electron chi connectivity index (χ2n) is 12.1. The molecule has 2 heterocycles. The van der Waals surface area contributed by atoms with Crippen LogP contribution in [0.1, 0.15) is 60.4 Å². The minimum Gasteiger partial charge on any atom is -0.507 e. The molecule has 5 aliphatic rings. The number of fused-ring (bicyclic) bond motifs is 1. The molecule has 1 unspecified atom stereocenters. The zero-order chi connectivity index (χ0) is 30.0. The van der Waals surface area contributed by atoms with Gasteiger partial charge in [0.1, 0.15) is 22.8 Å². The molecular formula is C34H34O8. The van der Waals surface area contributed by atoms with Crippen molar-refractivity contribution in [1.29, 1.82) is 0 Å². The van der Waals surface area contributed by atoms with E-state index in [0.717, 1.165) is 11.1 Å². The van der Waals surface area contributed by atoms with Gasteiger partial charge in [0.2, 0.25) is 0 Å². The van der Waals surface area contributed by atoms with Gasteiger partial charge in [0.25, 0.3) is 0 Å². The summed E-state index contributed by atoms with van der Waals surface area (Å²) in [4.78, 5) is 41.3. The van der Waals surface area contributed by atoms with E-state index in [2.05, 4.69) is 0 Å². The molecule has 7 rings (SSSR count). The number of carbonyl (C=O) groups is 3. The van der Waals surface area contributed by atoms with Crippen molar-refractivity contribution < 1.29 is 38.8 Å². The van der Waals surface area contributed by atoms with Gasteiger partial charge in [-0.2, -0.15) is 0 Å². The lowest BCUT2D eigenvalue weighted by molar-refractivity contribution is -0.172. The van der Waals surface area contributed by atoms with Crippen LogP contribution in [0.2, 0.25) is 0 Å². The van der Waals surface area contributed by atoms with E-state index in [4.69, 9.17) is 14.2 Å². The average molecular weight is 571 g/mol. The maximum atomic E-state index is 14.3. The number of hydrogen-bond acceptors (Lipinski definition) is 8. The van der Waals surface area contributed by atoms with Crippen LogP contribution in [0.5, 0.6) is 17.2 Å². The van der Waals surface area contributed by atoms with Gasteiger partial charge in [-0.3, -0.25) is 9.59 Å². The third kappa shape index (κ3) is 3.88. The van der Waals surface area contributed by atoms with Crippen molar-refractivity contribution in [2.75, 3.05) is 13.2 Å². The average Bonchev–Trinajstić information content (AvgIpc) is 3.23. The summed E-state index contributed by atoms with van der Waals surface area (Å²) < 4.78 is 18.8. The van der Waals surface area contributed by atoms with Crippen molar-refractivity contribution in [3.63, 3.8) is 0 Å². The fourth-order valence-corrected chi connectivity index (χ4v) is 7.02. The lowest BCUT2D eigenvalue weighted by atomic mass is 9.49. The quantitative estimate of drug-likeness (QED) is 0.341. The van der Waals surface area contributed by atoms with E-state index < -0.39 is 40.7 Å². The molecule has 8 nitrogen and oxygen atoms in total. The molecule has 2 N–H and O–H groups in total. The summed E-state index contributed by atoms with van der Waals surface area (Å²) in [5.74, 6) is -3.49. The molecule has 0 aromatic heterocycles.